The van der Waals surface area contributed by atoms with Crippen LogP contribution in [0.2, 0.25) is 0 Å². The van der Waals surface area contributed by atoms with Crippen LogP contribution in [-0.2, 0) is 4.79 Å². The van der Waals surface area contributed by atoms with E-state index in [1.165, 1.54) is 44.9 Å². The lowest BCUT2D eigenvalue weighted by Gasteiger charge is -2.25. The zero-order valence-electron chi connectivity index (χ0n) is 16.3. The van der Waals surface area contributed by atoms with Gasteiger partial charge in [0.25, 0.3) is 0 Å². The summed E-state index contributed by atoms with van der Waals surface area (Å²) >= 11 is 0. The fourth-order valence-corrected chi connectivity index (χ4v) is 2.99. The van der Waals surface area contributed by atoms with E-state index in [1.807, 2.05) is 4.90 Å². The zero-order valence-corrected chi connectivity index (χ0v) is 16.3. The normalized spacial score (nSPS) is 14.8. The van der Waals surface area contributed by atoms with Crippen LogP contribution in [0.15, 0.2) is 24.3 Å². The minimum atomic E-state index is 0.207. The second-order valence-electron chi connectivity index (χ2n) is 6.91. The Kier molecular flexibility index (Phi) is 13.8. The Morgan fingerprint density at radius 1 is 0.880 bits per heavy atom. The number of amides is 1. The Balaban J connectivity index is 1.91. The molecular formula is C23H37NO. The van der Waals surface area contributed by atoms with E-state index in [2.05, 4.69) is 37.0 Å². The van der Waals surface area contributed by atoms with Crippen molar-refractivity contribution in [2.75, 3.05) is 13.1 Å². The molecular weight excluding hydrogens is 306 g/mol. The molecule has 0 aromatic carbocycles. The number of likely N-dealkylation sites (tertiary alicyclic amines) is 1. The second-order valence-corrected chi connectivity index (χ2v) is 6.91. The fourth-order valence-electron chi connectivity index (χ4n) is 2.99. The minimum absolute atomic E-state index is 0.207. The largest absolute Gasteiger partial charge is 0.339 e. The number of carbonyl (C=O) groups excluding carboxylic acids is 1. The predicted octanol–water partition coefficient (Wildman–Crippen LogP) is 6.04. The van der Waals surface area contributed by atoms with Crippen LogP contribution in [0.1, 0.15) is 90.4 Å². The zero-order chi connectivity index (χ0) is 18.0. The summed E-state index contributed by atoms with van der Waals surface area (Å²) in [5.41, 5.74) is 0. The number of rotatable bonds is 11. The van der Waals surface area contributed by atoms with Gasteiger partial charge >= 0.3 is 0 Å². The molecule has 1 aliphatic rings. The van der Waals surface area contributed by atoms with Gasteiger partial charge in [-0.05, 0) is 57.4 Å². The molecule has 1 aliphatic heterocycles. The van der Waals surface area contributed by atoms with E-state index >= 15 is 0 Å². The van der Waals surface area contributed by atoms with Crippen LogP contribution in [0.4, 0.5) is 0 Å². The van der Waals surface area contributed by atoms with E-state index in [0.29, 0.717) is 0 Å². The summed E-state index contributed by atoms with van der Waals surface area (Å²) in [5, 5.41) is 0. The maximum atomic E-state index is 12.0. The third-order valence-electron chi connectivity index (χ3n) is 4.59. The highest BCUT2D eigenvalue weighted by atomic mass is 16.2. The number of piperidine rings is 1. The Bertz CT molecular complexity index is 446. The van der Waals surface area contributed by atoms with Crippen LogP contribution in [0.5, 0.6) is 0 Å². The van der Waals surface area contributed by atoms with Crippen LogP contribution < -0.4 is 0 Å². The van der Waals surface area contributed by atoms with Crippen LogP contribution in [-0.4, -0.2) is 23.9 Å². The molecule has 25 heavy (non-hydrogen) atoms. The summed E-state index contributed by atoms with van der Waals surface area (Å²) < 4.78 is 0. The molecule has 0 N–H and O–H groups in total. The van der Waals surface area contributed by atoms with Crippen molar-refractivity contribution < 1.29 is 4.79 Å². The monoisotopic (exact) mass is 343 g/mol. The predicted molar refractivity (Wildman–Crippen MR) is 108 cm³/mol. The number of hydrogen-bond donors (Lipinski definition) is 0. The van der Waals surface area contributed by atoms with Gasteiger partial charge in [-0.2, -0.15) is 0 Å². The van der Waals surface area contributed by atoms with Crippen molar-refractivity contribution in [3.05, 3.63) is 24.3 Å². The lowest BCUT2D eigenvalue weighted by atomic mass is 10.1. The average molecular weight is 344 g/mol. The molecule has 2 nitrogen and oxygen atoms in total. The summed E-state index contributed by atoms with van der Waals surface area (Å²) in [6.45, 7) is 4.11. The van der Waals surface area contributed by atoms with Crippen molar-refractivity contribution in [1.82, 2.24) is 4.90 Å². The van der Waals surface area contributed by atoms with Crippen LogP contribution >= 0.6 is 0 Å². The topological polar surface area (TPSA) is 20.3 Å². The fraction of sp³-hybridized carbons (Fsp3) is 0.696. The third kappa shape index (κ3) is 12.5. The smallest absolute Gasteiger partial charge is 0.246 e. The molecule has 140 valence electrons. The molecule has 1 heterocycles. The molecule has 0 radical (unpaired) electrons. The van der Waals surface area contributed by atoms with Crippen LogP contribution in [0, 0.1) is 11.8 Å². The maximum Gasteiger partial charge on any atom is 0.246 e. The highest BCUT2D eigenvalue weighted by Gasteiger charge is 2.13. The van der Waals surface area contributed by atoms with Crippen LogP contribution in [0.3, 0.4) is 0 Å². The Morgan fingerprint density at radius 3 is 2.40 bits per heavy atom. The van der Waals surface area contributed by atoms with Crippen molar-refractivity contribution >= 4 is 5.91 Å². The first kappa shape index (κ1) is 21.6. The molecule has 1 amide bonds. The molecule has 1 fully saturated rings. The summed E-state index contributed by atoms with van der Waals surface area (Å²) in [5.74, 6) is 6.66. The third-order valence-corrected chi connectivity index (χ3v) is 4.59. The molecule has 0 atom stereocenters. The van der Waals surface area contributed by atoms with Crippen molar-refractivity contribution in [3.63, 3.8) is 0 Å². The lowest BCUT2D eigenvalue weighted by molar-refractivity contribution is -0.126. The van der Waals surface area contributed by atoms with Gasteiger partial charge in [0.2, 0.25) is 5.91 Å². The number of hydrogen-bond acceptors (Lipinski definition) is 1. The molecule has 0 saturated carbocycles. The molecule has 1 rings (SSSR count). The first-order valence-electron chi connectivity index (χ1n) is 10.4. The molecule has 0 bridgehead atoms. The summed E-state index contributed by atoms with van der Waals surface area (Å²) in [6.07, 6.45) is 23.5. The first-order valence-corrected chi connectivity index (χ1v) is 10.4. The van der Waals surface area contributed by atoms with Gasteiger partial charge in [-0.3, -0.25) is 4.79 Å². The maximum absolute atomic E-state index is 12.0. The van der Waals surface area contributed by atoms with Crippen molar-refractivity contribution in [1.29, 1.82) is 0 Å². The van der Waals surface area contributed by atoms with Gasteiger partial charge < -0.3 is 4.90 Å². The van der Waals surface area contributed by atoms with E-state index < -0.39 is 0 Å². The Morgan fingerprint density at radius 2 is 1.64 bits per heavy atom. The standard InChI is InChI=1S/C23H37NO/c1-2-3-4-5-6-7-8-9-10-11-12-13-14-15-17-20-23(25)24-21-18-16-19-22-24/h9-10,17,20H,2-5,8,11-16,18-19,21-22H2,1H3. The lowest BCUT2D eigenvalue weighted by Crippen LogP contribution is -2.34. The second kappa shape index (κ2) is 16.0. The van der Waals surface area contributed by atoms with E-state index in [0.717, 1.165) is 51.6 Å². The average Bonchev–Trinajstić information content (AvgIpc) is 2.65. The van der Waals surface area contributed by atoms with Crippen molar-refractivity contribution in [2.45, 2.75) is 90.4 Å². The van der Waals surface area contributed by atoms with Gasteiger partial charge in [0, 0.05) is 25.9 Å². The van der Waals surface area contributed by atoms with Crippen LogP contribution in [0.25, 0.3) is 0 Å². The molecule has 0 spiro atoms. The highest BCUT2D eigenvalue weighted by molar-refractivity contribution is 5.87. The summed E-state index contributed by atoms with van der Waals surface area (Å²) in [7, 11) is 0. The van der Waals surface area contributed by atoms with Gasteiger partial charge in [0.15, 0.2) is 0 Å². The van der Waals surface area contributed by atoms with Gasteiger partial charge in [0.05, 0.1) is 0 Å². The molecule has 0 aromatic rings. The number of nitrogens with zero attached hydrogens (tertiary/aromatic N) is 1. The number of carbonyl (C=O) groups is 1. The SMILES string of the molecule is CCCCCC#CCC=CCCCCCC=CC(=O)N1CCCCC1. The van der Waals surface area contributed by atoms with E-state index in [9.17, 15) is 4.79 Å². The van der Waals surface area contributed by atoms with Crippen molar-refractivity contribution in [3.8, 4) is 11.8 Å². The minimum Gasteiger partial charge on any atom is -0.339 e. The van der Waals surface area contributed by atoms with E-state index in [4.69, 9.17) is 0 Å². The van der Waals surface area contributed by atoms with Crippen molar-refractivity contribution in [2.24, 2.45) is 0 Å². The van der Waals surface area contributed by atoms with Gasteiger partial charge in [-0.15, -0.1) is 5.92 Å². The van der Waals surface area contributed by atoms with Gasteiger partial charge in [-0.1, -0.05) is 50.3 Å². The van der Waals surface area contributed by atoms with Gasteiger partial charge in [-0.25, -0.2) is 0 Å². The highest BCUT2D eigenvalue weighted by Crippen LogP contribution is 2.10. The number of allylic oxidation sites excluding steroid dienone is 3. The van der Waals surface area contributed by atoms with E-state index in [-0.39, 0.29) is 5.91 Å². The summed E-state index contributed by atoms with van der Waals surface area (Å²) in [6, 6.07) is 0. The molecule has 0 aliphatic carbocycles. The molecule has 0 aromatic heterocycles. The Labute approximate surface area is 155 Å². The quantitative estimate of drug-likeness (QED) is 0.194. The summed E-state index contributed by atoms with van der Waals surface area (Å²) in [4.78, 5) is 13.9. The number of unbranched alkanes of at least 4 members (excludes halogenated alkanes) is 7. The molecule has 1 saturated heterocycles. The van der Waals surface area contributed by atoms with Gasteiger partial charge in [0.1, 0.15) is 0 Å². The molecule has 0 unspecified atom stereocenters. The van der Waals surface area contributed by atoms with E-state index in [1.54, 1.807) is 6.08 Å². The molecule has 2 heteroatoms. The first-order chi connectivity index (χ1) is 12.3. The Hall–Kier alpha value is -1.49.